The minimum atomic E-state index is -0.172. The van der Waals surface area contributed by atoms with E-state index in [1.54, 1.807) is 0 Å². The van der Waals surface area contributed by atoms with Gasteiger partial charge in [0.25, 0.3) is 0 Å². The molecule has 3 heteroatoms. The fourth-order valence-electron chi connectivity index (χ4n) is 1.83. The molecule has 0 aliphatic carbocycles. The van der Waals surface area contributed by atoms with E-state index >= 15 is 0 Å². The van der Waals surface area contributed by atoms with E-state index in [0.29, 0.717) is 13.0 Å². The lowest BCUT2D eigenvalue weighted by molar-refractivity contribution is -0.140. The van der Waals surface area contributed by atoms with Crippen LogP contribution in [0.15, 0.2) is 30.5 Å². The molecule has 0 radical (unpaired) electrons. The molecule has 0 saturated heterocycles. The molecule has 0 unspecified atom stereocenters. The first-order valence-corrected chi connectivity index (χ1v) is 5.33. The minimum Gasteiger partial charge on any atom is -0.469 e. The summed E-state index contributed by atoms with van der Waals surface area (Å²) in [6, 6.07) is 8.38. The van der Waals surface area contributed by atoms with Crippen LogP contribution < -0.4 is 0 Å². The predicted octanol–water partition coefficient (Wildman–Crippen LogP) is 2.51. The maximum atomic E-state index is 11.1. The van der Waals surface area contributed by atoms with Crippen molar-refractivity contribution in [2.45, 2.75) is 19.9 Å². The Morgan fingerprint density at radius 1 is 1.38 bits per heavy atom. The van der Waals surface area contributed by atoms with E-state index in [9.17, 15) is 4.79 Å². The quantitative estimate of drug-likeness (QED) is 0.740. The minimum absolute atomic E-state index is 0.172. The maximum Gasteiger partial charge on any atom is 0.307 e. The van der Waals surface area contributed by atoms with Gasteiger partial charge in [-0.3, -0.25) is 4.79 Å². The Balaban J connectivity index is 2.22. The van der Waals surface area contributed by atoms with E-state index in [1.807, 2.05) is 6.20 Å². The number of carbonyl (C=O) groups is 1. The molecule has 0 bridgehead atoms. The number of fused-ring (bicyclic) bond motifs is 1. The normalized spacial score (nSPS) is 10.6. The number of hydrogen-bond donors (Lipinski definition) is 0. The van der Waals surface area contributed by atoms with Gasteiger partial charge in [-0.15, -0.1) is 0 Å². The Kier molecular flexibility index (Phi) is 2.95. The highest BCUT2D eigenvalue weighted by Crippen LogP contribution is 2.17. The number of ether oxygens (including phenoxy) is 1. The predicted molar refractivity (Wildman–Crippen MR) is 63.3 cm³/mol. The van der Waals surface area contributed by atoms with Crippen LogP contribution in [0.2, 0.25) is 0 Å². The molecule has 0 fully saturated rings. The monoisotopic (exact) mass is 217 g/mol. The maximum absolute atomic E-state index is 11.1. The molecule has 0 aliphatic rings. The van der Waals surface area contributed by atoms with Crippen molar-refractivity contribution < 1.29 is 9.53 Å². The van der Waals surface area contributed by atoms with Crippen LogP contribution in [0.4, 0.5) is 0 Å². The second-order valence-electron chi connectivity index (χ2n) is 3.90. The van der Waals surface area contributed by atoms with Gasteiger partial charge in [-0.05, 0) is 30.5 Å². The molecule has 0 spiro atoms. The van der Waals surface area contributed by atoms with Crippen molar-refractivity contribution in [3.63, 3.8) is 0 Å². The first-order chi connectivity index (χ1) is 7.70. The summed E-state index contributed by atoms with van der Waals surface area (Å²) in [6.07, 6.45) is 2.42. The summed E-state index contributed by atoms with van der Waals surface area (Å²) in [7, 11) is 1.42. The number of esters is 1. The van der Waals surface area contributed by atoms with Crippen LogP contribution >= 0.6 is 0 Å². The number of benzene rings is 1. The largest absolute Gasteiger partial charge is 0.469 e. The van der Waals surface area contributed by atoms with Crippen molar-refractivity contribution in [1.29, 1.82) is 0 Å². The first-order valence-electron chi connectivity index (χ1n) is 5.33. The molecule has 0 saturated carbocycles. The lowest BCUT2D eigenvalue weighted by Crippen LogP contribution is -2.05. The van der Waals surface area contributed by atoms with Gasteiger partial charge in [0.05, 0.1) is 13.5 Å². The number of rotatable bonds is 3. The molecule has 84 valence electrons. The summed E-state index contributed by atoms with van der Waals surface area (Å²) in [5.74, 6) is -0.172. The number of aryl methyl sites for hydroxylation is 2. The number of nitrogens with zero attached hydrogens (tertiary/aromatic N) is 1. The Bertz CT molecular complexity index is 514. The van der Waals surface area contributed by atoms with Crippen molar-refractivity contribution in [3.05, 3.63) is 36.0 Å². The van der Waals surface area contributed by atoms with E-state index in [0.717, 1.165) is 5.52 Å². The van der Waals surface area contributed by atoms with E-state index in [1.165, 1.54) is 18.1 Å². The molecule has 1 heterocycles. The van der Waals surface area contributed by atoms with Gasteiger partial charge in [0.2, 0.25) is 0 Å². The van der Waals surface area contributed by atoms with Gasteiger partial charge in [0.15, 0.2) is 0 Å². The molecule has 0 aliphatic heterocycles. The molecule has 3 nitrogen and oxygen atoms in total. The van der Waals surface area contributed by atoms with Crippen LogP contribution in [0.5, 0.6) is 0 Å². The van der Waals surface area contributed by atoms with Crippen molar-refractivity contribution in [1.82, 2.24) is 4.57 Å². The van der Waals surface area contributed by atoms with Crippen LogP contribution in [0.1, 0.15) is 12.0 Å². The van der Waals surface area contributed by atoms with Crippen LogP contribution in [0.3, 0.4) is 0 Å². The van der Waals surface area contributed by atoms with Gasteiger partial charge >= 0.3 is 5.97 Å². The highest BCUT2D eigenvalue weighted by molar-refractivity contribution is 5.81. The SMILES string of the molecule is COC(=O)CCn1ccc2cc(C)ccc21. The zero-order valence-corrected chi connectivity index (χ0v) is 9.56. The third-order valence-electron chi connectivity index (χ3n) is 2.71. The van der Waals surface area contributed by atoms with Gasteiger partial charge in [-0.1, -0.05) is 11.6 Å². The topological polar surface area (TPSA) is 31.2 Å². The van der Waals surface area contributed by atoms with E-state index in [2.05, 4.69) is 40.5 Å². The second-order valence-corrected chi connectivity index (χ2v) is 3.90. The number of aromatic nitrogens is 1. The fourth-order valence-corrected chi connectivity index (χ4v) is 1.83. The van der Waals surface area contributed by atoms with Crippen LogP contribution in [-0.4, -0.2) is 17.6 Å². The number of carbonyl (C=O) groups excluding carboxylic acids is 1. The summed E-state index contributed by atoms with van der Waals surface area (Å²) < 4.78 is 6.70. The van der Waals surface area contributed by atoms with Crippen molar-refractivity contribution in [3.8, 4) is 0 Å². The summed E-state index contributed by atoms with van der Waals surface area (Å²) in [4.78, 5) is 11.1. The molecule has 2 aromatic rings. The lowest BCUT2D eigenvalue weighted by Gasteiger charge is -2.04. The standard InChI is InChI=1S/C13H15NO2/c1-10-3-4-12-11(9-10)5-7-14(12)8-6-13(15)16-2/h3-5,7,9H,6,8H2,1-2H3. The molecular weight excluding hydrogens is 202 g/mol. The molecule has 0 amide bonds. The van der Waals surface area contributed by atoms with E-state index < -0.39 is 0 Å². The van der Waals surface area contributed by atoms with Crippen LogP contribution in [-0.2, 0) is 16.1 Å². The smallest absolute Gasteiger partial charge is 0.307 e. The summed E-state index contributed by atoms with van der Waals surface area (Å²) in [5.41, 5.74) is 2.41. The molecule has 0 atom stereocenters. The number of hydrogen-bond acceptors (Lipinski definition) is 2. The fraction of sp³-hybridized carbons (Fsp3) is 0.308. The van der Waals surface area contributed by atoms with Gasteiger partial charge in [-0.2, -0.15) is 0 Å². The highest BCUT2D eigenvalue weighted by Gasteiger charge is 2.04. The van der Waals surface area contributed by atoms with Crippen molar-refractivity contribution in [2.75, 3.05) is 7.11 Å². The first kappa shape index (κ1) is 10.7. The Hall–Kier alpha value is -1.77. The van der Waals surface area contributed by atoms with Gasteiger partial charge < -0.3 is 9.30 Å². The Morgan fingerprint density at radius 2 is 2.19 bits per heavy atom. The van der Waals surface area contributed by atoms with Gasteiger partial charge in [0.1, 0.15) is 0 Å². The van der Waals surface area contributed by atoms with Gasteiger partial charge in [0, 0.05) is 18.3 Å². The molecular formula is C13H15NO2. The van der Waals surface area contributed by atoms with Gasteiger partial charge in [-0.25, -0.2) is 0 Å². The molecule has 1 aromatic heterocycles. The number of methoxy groups -OCH3 is 1. The molecule has 2 rings (SSSR count). The molecule has 16 heavy (non-hydrogen) atoms. The second kappa shape index (κ2) is 4.39. The zero-order chi connectivity index (χ0) is 11.5. The average molecular weight is 217 g/mol. The van der Waals surface area contributed by atoms with Crippen molar-refractivity contribution >= 4 is 16.9 Å². The third-order valence-corrected chi connectivity index (χ3v) is 2.71. The van der Waals surface area contributed by atoms with Crippen LogP contribution in [0, 0.1) is 6.92 Å². The summed E-state index contributed by atoms with van der Waals surface area (Å²) >= 11 is 0. The average Bonchev–Trinajstić information content (AvgIpc) is 2.68. The van der Waals surface area contributed by atoms with E-state index in [4.69, 9.17) is 0 Å². The highest BCUT2D eigenvalue weighted by atomic mass is 16.5. The summed E-state index contributed by atoms with van der Waals surface area (Å²) in [5, 5.41) is 1.21. The van der Waals surface area contributed by atoms with E-state index in [-0.39, 0.29) is 5.97 Å². The lowest BCUT2D eigenvalue weighted by atomic mass is 10.2. The molecule has 1 aromatic carbocycles. The van der Waals surface area contributed by atoms with Crippen molar-refractivity contribution in [2.24, 2.45) is 0 Å². The Labute approximate surface area is 94.6 Å². The molecule has 0 N–H and O–H groups in total. The van der Waals surface area contributed by atoms with Crippen LogP contribution in [0.25, 0.3) is 10.9 Å². The Morgan fingerprint density at radius 3 is 2.94 bits per heavy atom. The summed E-state index contributed by atoms with van der Waals surface area (Å²) in [6.45, 7) is 2.74. The third kappa shape index (κ3) is 2.08. The zero-order valence-electron chi connectivity index (χ0n) is 9.56.